The van der Waals surface area contributed by atoms with Gasteiger partial charge in [-0.25, -0.2) is 4.79 Å². The molecule has 10 heteroatoms. The van der Waals surface area contributed by atoms with Gasteiger partial charge in [0, 0.05) is 36.2 Å². The van der Waals surface area contributed by atoms with Gasteiger partial charge in [0.1, 0.15) is 0 Å². The number of ether oxygens (including phenoxy) is 3. The van der Waals surface area contributed by atoms with Crippen LogP contribution >= 0.6 is 11.3 Å². The molecule has 0 bridgehead atoms. The van der Waals surface area contributed by atoms with Crippen LogP contribution in [-0.2, 0) is 0 Å². The number of hydrogen-bond donors (Lipinski definition) is 1. The molecule has 0 spiro atoms. The molecule has 3 heterocycles. The van der Waals surface area contributed by atoms with Gasteiger partial charge in [0.25, 0.3) is 0 Å². The normalized spacial score (nSPS) is 16.1. The van der Waals surface area contributed by atoms with Crippen molar-refractivity contribution in [2.75, 3.05) is 39.7 Å². The SMILES string of the molecule is COc1cc(NC(=O)N2CCC[C@@H](c3nnc(-c4ccsc4)o3)C2)cc(OC)c1OC. The van der Waals surface area contributed by atoms with Gasteiger partial charge in [-0.15, -0.1) is 10.2 Å². The van der Waals surface area contributed by atoms with Crippen molar-refractivity contribution in [1.29, 1.82) is 0 Å². The van der Waals surface area contributed by atoms with Crippen molar-refractivity contribution in [2.45, 2.75) is 18.8 Å². The third kappa shape index (κ3) is 4.43. The quantitative estimate of drug-likeness (QED) is 0.607. The number of carbonyl (C=O) groups is 1. The third-order valence-electron chi connectivity index (χ3n) is 5.18. The number of aromatic nitrogens is 2. The van der Waals surface area contributed by atoms with Gasteiger partial charge in [-0.1, -0.05) is 0 Å². The highest BCUT2D eigenvalue weighted by atomic mass is 32.1. The summed E-state index contributed by atoms with van der Waals surface area (Å²) in [4.78, 5) is 14.7. The van der Waals surface area contributed by atoms with E-state index < -0.39 is 0 Å². The summed E-state index contributed by atoms with van der Waals surface area (Å²) >= 11 is 1.58. The molecule has 1 saturated heterocycles. The van der Waals surface area contributed by atoms with Crippen LogP contribution in [0.4, 0.5) is 10.5 Å². The van der Waals surface area contributed by atoms with Gasteiger partial charge in [-0.2, -0.15) is 11.3 Å². The lowest BCUT2D eigenvalue weighted by Gasteiger charge is -2.31. The molecular formula is C21H24N4O5S. The molecule has 0 aliphatic carbocycles. The smallest absolute Gasteiger partial charge is 0.321 e. The molecule has 2 amide bonds. The zero-order chi connectivity index (χ0) is 21.8. The predicted molar refractivity (Wildman–Crippen MR) is 116 cm³/mol. The van der Waals surface area contributed by atoms with Crippen LogP contribution in [0.3, 0.4) is 0 Å². The van der Waals surface area contributed by atoms with E-state index in [1.165, 1.54) is 21.3 Å². The lowest BCUT2D eigenvalue weighted by Crippen LogP contribution is -2.41. The molecule has 2 aromatic heterocycles. The molecule has 1 atom stereocenters. The summed E-state index contributed by atoms with van der Waals surface area (Å²) in [7, 11) is 4.60. The van der Waals surface area contributed by atoms with E-state index in [0.717, 1.165) is 18.4 Å². The van der Waals surface area contributed by atoms with Gasteiger partial charge in [0.15, 0.2) is 11.5 Å². The summed E-state index contributed by atoms with van der Waals surface area (Å²) in [6.07, 6.45) is 1.74. The van der Waals surface area contributed by atoms with Crippen LogP contribution in [0.25, 0.3) is 11.5 Å². The first kappa shape index (κ1) is 21.0. The molecule has 0 radical (unpaired) electrons. The maximum Gasteiger partial charge on any atom is 0.321 e. The van der Waals surface area contributed by atoms with Crippen LogP contribution in [0, 0.1) is 0 Å². The van der Waals surface area contributed by atoms with Crippen LogP contribution in [0.2, 0.25) is 0 Å². The number of thiophene rings is 1. The summed E-state index contributed by atoms with van der Waals surface area (Å²) < 4.78 is 21.9. The molecule has 1 aromatic carbocycles. The fraction of sp³-hybridized carbons (Fsp3) is 0.381. The van der Waals surface area contributed by atoms with Crippen molar-refractivity contribution in [3.8, 4) is 28.7 Å². The highest BCUT2D eigenvalue weighted by Gasteiger charge is 2.29. The second-order valence-electron chi connectivity index (χ2n) is 7.09. The van der Waals surface area contributed by atoms with Gasteiger partial charge in [-0.05, 0) is 24.3 Å². The number of urea groups is 1. The number of nitrogens with zero attached hydrogens (tertiary/aromatic N) is 3. The Morgan fingerprint density at radius 1 is 1.19 bits per heavy atom. The number of carbonyl (C=O) groups excluding carboxylic acids is 1. The number of methoxy groups -OCH3 is 3. The first-order valence-corrected chi connectivity index (χ1v) is 10.8. The number of piperidine rings is 1. The fourth-order valence-electron chi connectivity index (χ4n) is 3.62. The van der Waals surface area contributed by atoms with E-state index >= 15 is 0 Å². The van der Waals surface area contributed by atoms with Gasteiger partial charge in [0.2, 0.25) is 17.5 Å². The second-order valence-corrected chi connectivity index (χ2v) is 7.87. The summed E-state index contributed by atoms with van der Waals surface area (Å²) in [6, 6.07) is 5.13. The van der Waals surface area contributed by atoms with E-state index in [0.29, 0.717) is 47.8 Å². The van der Waals surface area contributed by atoms with E-state index in [9.17, 15) is 4.79 Å². The topological polar surface area (TPSA) is 99.0 Å². The Hall–Kier alpha value is -3.27. The molecule has 31 heavy (non-hydrogen) atoms. The van der Waals surface area contributed by atoms with E-state index in [-0.39, 0.29) is 11.9 Å². The van der Waals surface area contributed by atoms with Crippen molar-refractivity contribution < 1.29 is 23.4 Å². The molecule has 0 unspecified atom stereocenters. The highest BCUT2D eigenvalue weighted by molar-refractivity contribution is 7.08. The lowest BCUT2D eigenvalue weighted by atomic mass is 9.98. The number of amides is 2. The van der Waals surface area contributed by atoms with Crippen molar-refractivity contribution in [3.63, 3.8) is 0 Å². The maximum atomic E-state index is 12.9. The molecule has 1 aliphatic heterocycles. The van der Waals surface area contributed by atoms with Crippen LogP contribution in [0.1, 0.15) is 24.7 Å². The zero-order valence-corrected chi connectivity index (χ0v) is 18.4. The molecular weight excluding hydrogens is 420 g/mol. The van der Waals surface area contributed by atoms with E-state index in [1.807, 2.05) is 16.8 Å². The highest BCUT2D eigenvalue weighted by Crippen LogP contribution is 2.40. The zero-order valence-electron chi connectivity index (χ0n) is 17.6. The van der Waals surface area contributed by atoms with E-state index in [2.05, 4.69) is 15.5 Å². The van der Waals surface area contributed by atoms with Gasteiger partial charge in [-0.3, -0.25) is 0 Å². The van der Waals surface area contributed by atoms with Crippen molar-refractivity contribution in [1.82, 2.24) is 15.1 Å². The Kier molecular flexibility index (Phi) is 6.26. The van der Waals surface area contributed by atoms with E-state index in [1.54, 1.807) is 28.4 Å². The summed E-state index contributed by atoms with van der Waals surface area (Å²) in [5.41, 5.74) is 1.47. The van der Waals surface area contributed by atoms with E-state index in [4.69, 9.17) is 18.6 Å². The number of nitrogens with one attached hydrogen (secondary N) is 1. The number of rotatable bonds is 6. The Bertz CT molecular complexity index is 1010. The summed E-state index contributed by atoms with van der Waals surface area (Å²) in [5.74, 6) is 2.49. The third-order valence-corrected chi connectivity index (χ3v) is 5.87. The first-order valence-electron chi connectivity index (χ1n) is 9.84. The molecule has 1 fully saturated rings. The van der Waals surface area contributed by atoms with Crippen LogP contribution in [-0.4, -0.2) is 55.5 Å². The van der Waals surface area contributed by atoms with Crippen LogP contribution in [0.5, 0.6) is 17.2 Å². The number of likely N-dealkylation sites (tertiary alicyclic amines) is 1. The molecule has 3 aromatic rings. The summed E-state index contributed by atoms with van der Waals surface area (Å²) in [6.45, 7) is 1.15. The number of hydrogen-bond acceptors (Lipinski definition) is 8. The lowest BCUT2D eigenvalue weighted by molar-refractivity contribution is 0.187. The summed E-state index contributed by atoms with van der Waals surface area (Å²) in [5, 5.41) is 15.2. The maximum absolute atomic E-state index is 12.9. The van der Waals surface area contributed by atoms with Gasteiger partial charge in [0.05, 0.1) is 32.9 Å². The second kappa shape index (κ2) is 9.25. The largest absolute Gasteiger partial charge is 0.493 e. The molecule has 1 N–H and O–H groups in total. The Morgan fingerprint density at radius 3 is 2.61 bits per heavy atom. The Morgan fingerprint density at radius 2 is 1.97 bits per heavy atom. The molecule has 0 saturated carbocycles. The van der Waals surface area contributed by atoms with Gasteiger partial charge >= 0.3 is 6.03 Å². The standard InChI is InChI=1S/C21H24N4O5S/c1-27-16-9-15(10-17(28-2)18(16)29-3)22-21(26)25-7-4-5-13(11-25)19-23-24-20(30-19)14-6-8-31-12-14/h6,8-10,12-13H,4-5,7,11H2,1-3H3,(H,22,26)/t13-/m1/s1. The average molecular weight is 445 g/mol. The van der Waals surface area contributed by atoms with Crippen molar-refractivity contribution in [3.05, 3.63) is 34.8 Å². The number of benzene rings is 1. The minimum Gasteiger partial charge on any atom is -0.493 e. The molecule has 9 nitrogen and oxygen atoms in total. The Labute approximate surface area is 183 Å². The average Bonchev–Trinajstić information content (AvgIpc) is 3.50. The molecule has 1 aliphatic rings. The van der Waals surface area contributed by atoms with Crippen molar-refractivity contribution in [2.24, 2.45) is 0 Å². The number of anilines is 1. The van der Waals surface area contributed by atoms with Crippen molar-refractivity contribution >= 4 is 23.1 Å². The molecule has 4 rings (SSSR count). The molecule has 164 valence electrons. The minimum atomic E-state index is -0.212. The fourth-order valence-corrected chi connectivity index (χ4v) is 4.25. The minimum absolute atomic E-state index is 0.000625. The van der Waals surface area contributed by atoms with Crippen LogP contribution < -0.4 is 19.5 Å². The monoisotopic (exact) mass is 444 g/mol. The van der Waals surface area contributed by atoms with Gasteiger partial charge < -0.3 is 28.8 Å². The van der Waals surface area contributed by atoms with Crippen LogP contribution in [0.15, 0.2) is 33.4 Å². The first-order chi connectivity index (χ1) is 15.1. The Balaban J connectivity index is 1.46. The predicted octanol–water partition coefficient (Wildman–Crippen LogP) is 4.24.